The number of oxazole rings is 4. The van der Waals surface area contributed by atoms with Gasteiger partial charge >= 0.3 is 0 Å². The maximum Gasteiger partial charge on any atom is 0.295 e. The molecule has 115 heavy (non-hydrogen) atoms. The summed E-state index contributed by atoms with van der Waals surface area (Å²) in [4.78, 5) is 17.9. The summed E-state index contributed by atoms with van der Waals surface area (Å²) in [5, 5.41) is 2.45. The number of fused-ring (bicyclic) bond motifs is 9. The van der Waals surface area contributed by atoms with Crippen molar-refractivity contribution in [1.29, 1.82) is 0 Å². The van der Waals surface area contributed by atoms with Gasteiger partial charge in [0.15, 0.2) is 91.0 Å². The monoisotopic (exact) mass is 1520 g/mol. The van der Waals surface area contributed by atoms with Gasteiger partial charge in [-0.25, -0.2) is 47.3 Å². The number of imidazole rings is 4. The predicted octanol–water partition coefficient (Wildman–Crippen LogP) is 22.3. The van der Waals surface area contributed by atoms with E-state index in [0.29, 0.717) is 23.6 Å². The number of nitrogens with zero attached hydrogens (tertiary/aromatic N) is 12. The Labute approximate surface area is 668 Å². The summed E-state index contributed by atoms with van der Waals surface area (Å²) >= 11 is 0. The first-order chi connectivity index (χ1) is 55.4. The van der Waals surface area contributed by atoms with E-state index < -0.39 is 0 Å². The third kappa shape index (κ3) is 13.1. The van der Waals surface area contributed by atoms with Crippen molar-refractivity contribution < 1.29 is 35.9 Å². The van der Waals surface area contributed by atoms with Gasteiger partial charge in [-0.3, -0.25) is 0 Å². The van der Waals surface area contributed by atoms with Crippen LogP contribution < -0.4 is 18.3 Å². The minimum atomic E-state index is -0.0443. The van der Waals surface area contributed by atoms with Crippen LogP contribution >= 0.6 is 0 Å². The zero-order chi connectivity index (χ0) is 80.2. The van der Waals surface area contributed by atoms with Crippen LogP contribution in [0.1, 0.15) is 105 Å². The van der Waals surface area contributed by atoms with Gasteiger partial charge in [0.2, 0.25) is 0 Å². The molecule has 0 saturated carbocycles. The van der Waals surface area contributed by atoms with Crippen LogP contribution in [0.5, 0.6) is 0 Å². The molecule has 20 aromatic rings. The maximum absolute atomic E-state index is 5.70. The molecule has 16 heteroatoms. The van der Waals surface area contributed by atoms with Crippen LogP contribution in [-0.4, -0.2) is 38.2 Å². The van der Waals surface area contributed by atoms with Crippen LogP contribution in [0, 0.1) is 41.5 Å². The second-order valence-corrected chi connectivity index (χ2v) is 32.1. The Morgan fingerprint density at radius 2 is 0.757 bits per heavy atom. The zero-order valence-corrected chi connectivity index (χ0v) is 68.7. The summed E-state index contributed by atoms with van der Waals surface area (Å²) in [5.41, 5.74) is 33.5. The maximum atomic E-state index is 5.70. The number of aromatic nitrogens is 12. The van der Waals surface area contributed by atoms with Crippen molar-refractivity contribution in [3.05, 3.63) is 288 Å². The Hall–Kier alpha value is -13.3. The highest BCUT2D eigenvalue weighted by Gasteiger charge is 2.36. The topological polar surface area (TPSA) is 139 Å². The molecule has 0 unspecified atom stereocenters. The number of aryl methyl sites for hydroxylation is 11. The third-order valence-electron chi connectivity index (χ3n) is 22.7. The molecule has 0 aliphatic carbocycles. The lowest BCUT2D eigenvalue weighted by Gasteiger charge is -2.21. The molecule has 12 aromatic carbocycles. The standard InChI is InChI=1S/C34H34N3O.C26H20N3O.C21H24N3O.C18H18N3O/c1-21(2)26-17-25(24-12-8-7-9-13-24)18-27(22(3)4)33(26)37-31-15-11-10-14-30(31)36(6)34(37)28-19-29-32(16-23(28)5)38-20-35-29;1-17-14-25-21(27-16-30-25)15-20(17)26-28(2)23-11-5-6-12-24(23)29(26)22-13-7-9-18-8-3-4-10-19(18)22;1-13-11-19-16(22-14(2)25-19)12-15(13)20-23(6)17-9-7-8-10-18(17)24(20)21(3,4)5;1-11-9-17-14(19-12(2)22-17)10-13(11)18-20(3)15-7-5-6-8-16(15)21(18)4/h7-22H,1-6H3;3-16H,1-2H3;7-12H,1-6H3;5-10H,1-4H3/q4*+1. The second kappa shape index (κ2) is 29.3. The molecule has 0 atom stereocenters. The van der Waals surface area contributed by atoms with Crippen molar-refractivity contribution in [1.82, 2.24) is 38.2 Å². The van der Waals surface area contributed by atoms with E-state index in [4.69, 9.17) is 17.7 Å². The molecule has 0 fully saturated rings. The van der Waals surface area contributed by atoms with E-state index in [-0.39, 0.29) is 5.54 Å². The van der Waals surface area contributed by atoms with Crippen molar-refractivity contribution in [3.8, 4) is 68.1 Å². The lowest BCUT2D eigenvalue weighted by molar-refractivity contribution is -0.634. The molecule has 0 amide bonds. The fourth-order valence-corrected chi connectivity index (χ4v) is 17.2. The largest absolute Gasteiger partial charge is 0.443 e. The predicted molar refractivity (Wildman–Crippen MR) is 463 cm³/mol. The fourth-order valence-electron chi connectivity index (χ4n) is 17.2. The van der Waals surface area contributed by atoms with E-state index in [9.17, 15) is 0 Å². The van der Waals surface area contributed by atoms with Crippen LogP contribution in [-0.2, 0) is 40.8 Å². The van der Waals surface area contributed by atoms with E-state index in [1.54, 1.807) is 0 Å². The molecule has 0 saturated heterocycles. The van der Waals surface area contributed by atoms with E-state index in [0.717, 1.165) is 78.3 Å². The fraction of sp³-hybridized carbons (Fsp3) is 0.212. The first-order valence-electron chi connectivity index (χ1n) is 39.5. The average Bonchev–Trinajstić information content (AvgIpc) is 1.61. The Morgan fingerprint density at radius 1 is 0.365 bits per heavy atom. The summed E-state index contributed by atoms with van der Waals surface area (Å²) in [7, 11) is 10.6. The quantitative estimate of drug-likeness (QED) is 0.130. The number of benzene rings is 12. The second-order valence-electron chi connectivity index (χ2n) is 32.1. The summed E-state index contributed by atoms with van der Waals surface area (Å²) in [6, 6.07) is 81.7. The summed E-state index contributed by atoms with van der Waals surface area (Å²) in [6.45, 7) is 28.3. The zero-order valence-electron chi connectivity index (χ0n) is 68.7. The van der Waals surface area contributed by atoms with E-state index in [2.05, 4.69) is 398 Å². The normalized spacial score (nSPS) is 11.9. The molecular formula is C99H96N12O4+4. The first-order valence-corrected chi connectivity index (χ1v) is 39.5. The van der Waals surface area contributed by atoms with Crippen molar-refractivity contribution in [2.75, 3.05) is 0 Å². The molecule has 0 spiro atoms. The van der Waals surface area contributed by atoms with Crippen molar-refractivity contribution in [2.24, 2.45) is 35.2 Å². The highest BCUT2D eigenvalue weighted by atomic mass is 16.4. The molecule has 0 aliphatic heterocycles. The molecule has 0 N–H and O–H groups in total. The first kappa shape index (κ1) is 74.4. The van der Waals surface area contributed by atoms with Crippen molar-refractivity contribution in [3.63, 3.8) is 0 Å². The van der Waals surface area contributed by atoms with Gasteiger partial charge in [-0.1, -0.05) is 143 Å². The van der Waals surface area contributed by atoms with Crippen molar-refractivity contribution in [2.45, 2.75) is 107 Å². The lowest BCUT2D eigenvalue weighted by atomic mass is 9.88. The van der Waals surface area contributed by atoms with Crippen molar-refractivity contribution >= 4 is 99.3 Å². The Balaban J connectivity index is 0.000000113. The third-order valence-corrected chi connectivity index (χ3v) is 22.7. The Kier molecular flexibility index (Phi) is 19.0. The van der Waals surface area contributed by atoms with Crippen LogP contribution in [0.4, 0.5) is 0 Å². The molecule has 8 aromatic heterocycles. The van der Waals surface area contributed by atoms with Gasteiger partial charge < -0.3 is 17.7 Å². The van der Waals surface area contributed by atoms with E-state index >= 15 is 0 Å². The van der Waals surface area contributed by atoms with Crippen LogP contribution in [0.25, 0.3) is 167 Å². The van der Waals surface area contributed by atoms with Crippen LogP contribution in [0.3, 0.4) is 0 Å². The minimum absolute atomic E-state index is 0.0443. The molecule has 0 aliphatic rings. The smallest absolute Gasteiger partial charge is 0.295 e. The molecule has 16 nitrogen and oxygen atoms in total. The highest BCUT2D eigenvalue weighted by Crippen LogP contribution is 2.43. The van der Waals surface area contributed by atoms with Gasteiger partial charge in [0.05, 0.1) is 57.5 Å². The van der Waals surface area contributed by atoms with Gasteiger partial charge in [-0.2, -0.15) is 9.13 Å². The molecule has 572 valence electrons. The molecule has 20 rings (SSSR count). The molecular weight excluding hydrogens is 1420 g/mol. The summed E-state index contributed by atoms with van der Waals surface area (Å²) in [5.74, 6) is 6.70. The van der Waals surface area contributed by atoms with Crippen LogP contribution in [0.15, 0.2) is 261 Å². The number of rotatable bonds is 9. The minimum Gasteiger partial charge on any atom is -0.443 e. The van der Waals surface area contributed by atoms with E-state index in [1.165, 1.54) is 135 Å². The highest BCUT2D eigenvalue weighted by molar-refractivity contribution is 5.95. The van der Waals surface area contributed by atoms with Gasteiger partial charge in [0.1, 0.15) is 39.0 Å². The molecule has 0 radical (unpaired) electrons. The van der Waals surface area contributed by atoms with Gasteiger partial charge in [0.25, 0.3) is 23.3 Å². The summed E-state index contributed by atoms with van der Waals surface area (Å²) in [6.07, 6.45) is 3.04. The van der Waals surface area contributed by atoms with Gasteiger partial charge in [-0.15, -0.1) is 0 Å². The van der Waals surface area contributed by atoms with Crippen LogP contribution in [0.2, 0.25) is 0 Å². The molecule has 8 heterocycles. The Morgan fingerprint density at radius 3 is 1.27 bits per heavy atom. The number of hydrogen-bond donors (Lipinski definition) is 0. The van der Waals surface area contributed by atoms with Gasteiger partial charge in [0, 0.05) is 30.4 Å². The number of hydrogen-bond acceptors (Lipinski definition) is 8. The van der Waals surface area contributed by atoms with E-state index in [1.807, 2.05) is 13.8 Å². The number of para-hydroxylation sites is 8. The summed E-state index contributed by atoms with van der Waals surface area (Å²) < 4.78 is 41.1. The average molecular weight is 1520 g/mol. The Bertz CT molecular complexity index is 7110. The molecule has 0 bridgehead atoms. The SMILES string of the molecule is Cc1cc2ocnc2cc1-c1n(-c2c(C(C)C)cc(-c3ccccc3)cc2C(C)C)c2ccccc2[n+]1C.Cc1cc2ocnc2cc1-c1n(-c2cccc3ccccc23)c2ccccc2[n+]1C.Cc1nc2cc(-c3n(C(C)(C)C)c4ccccc4[n+]3C)c(C)cc2o1.Cc1nc2cc(-c3n(C)c4ccccc4[n+]3C)c(C)cc2o1. The van der Waals surface area contributed by atoms with Gasteiger partial charge in [-0.05, 0) is 214 Å². The lowest BCUT2D eigenvalue weighted by Crippen LogP contribution is -2.33.